The maximum absolute atomic E-state index is 5.93. The molecule has 0 aliphatic rings. The van der Waals surface area contributed by atoms with E-state index in [1.807, 2.05) is 13.8 Å². The molecule has 2 rings (SSSR count). The fourth-order valence-electron chi connectivity index (χ4n) is 1.44. The first-order valence-electron chi connectivity index (χ1n) is 6.02. The number of nitrogens with zero attached hydrogens (tertiary/aromatic N) is 2. The van der Waals surface area contributed by atoms with Gasteiger partial charge in [-0.05, 0) is 30.2 Å². The number of ether oxygens (including phenoxy) is 1. The van der Waals surface area contributed by atoms with E-state index in [1.54, 1.807) is 24.3 Å². The predicted molar refractivity (Wildman–Crippen MR) is 71.8 cm³/mol. The van der Waals surface area contributed by atoms with Crippen LogP contribution in [0.1, 0.15) is 31.6 Å². The van der Waals surface area contributed by atoms with E-state index >= 15 is 0 Å². The highest BCUT2D eigenvalue weighted by Crippen LogP contribution is 2.18. The van der Waals surface area contributed by atoms with Crippen molar-refractivity contribution in [2.45, 2.75) is 26.5 Å². The van der Waals surface area contributed by atoms with Crippen LogP contribution < -0.4 is 10.5 Å². The summed E-state index contributed by atoms with van der Waals surface area (Å²) in [7, 11) is 0. The molecule has 6 heteroatoms. The lowest BCUT2D eigenvalue weighted by Crippen LogP contribution is -2.18. The molecule has 1 aromatic carbocycles. The van der Waals surface area contributed by atoms with Crippen molar-refractivity contribution in [1.29, 1.82) is 0 Å². The van der Waals surface area contributed by atoms with Gasteiger partial charge in [0.15, 0.2) is 12.4 Å². The molecule has 0 radical (unpaired) electrons. The molecule has 102 valence electrons. The predicted octanol–water partition coefficient (Wildman–Crippen LogP) is 2.96. The normalized spacial score (nSPS) is 12.7. The molecular weight excluding hydrogens is 266 g/mol. The molecule has 1 aromatic heterocycles. The van der Waals surface area contributed by atoms with Gasteiger partial charge in [0, 0.05) is 5.02 Å². The molecule has 5 nitrogen and oxygen atoms in total. The second kappa shape index (κ2) is 6.04. The number of benzene rings is 1. The number of hydrogen-bond donors (Lipinski definition) is 1. The van der Waals surface area contributed by atoms with Crippen molar-refractivity contribution < 1.29 is 9.26 Å². The molecule has 0 saturated heterocycles. The highest BCUT2D eigenvalue weighted by molar-refractivity contribution is 6.30. The quantitative estimate of drug-likeness (QED) is 0.912. The van der Waals surface area contributed by atoms with Crippen LogP contribution in [0.3, 0.4) is 0 Å². The van der Waals surface area contributed by atoms with Gasteiger partial charge in [0.2, 0.25) is 0 Å². The number of rotatable bonds is 5. The second-order valence-electron chi connectivity index (χ2n) is 4.56. The molecule has 0 fully saturated rings. The van der Waals surface area contributed by atoms with Crippen LogP contribution in [0.4, 0.5) is 0 Å². The summed E-state index contributed by atoms with van der Waals surface area (Å²) in [4.78, 5) is 4.21. The summed E-state index contributed by atoms with van der Waals surface area (Å²) in [5.74, 6) is 1.85. The van der Waals surface area contributed by atoms with Crippen LogP contribution in [0.5, 0.6) is 5.75 Å². The summed E-state index contributed by atoms with van der Waals surface area (Å²) in [6.45, 7) is 4.22. The van der Waals surface area contributed by atoms with Crippen LogP contribution in [0.15, 0.2) is 28.8 Å². The van der Waals surface area contributed by atoms with Crippen molar-refractivity contribution in [1.82, 2.24) is 10.1 Å². The summed E-state index contributed by atoms with van der Waals surface area (Å²) >= 11 is 5.79. The summed E-state index contributed by atoms with van der Waals surface area (Å²) in [5.41, 5.74) is 5.93. The third-order valence-corrected chi connectivity index (χ3v) is 2.93. The lowest BCUT2D eigenvalue weighted by Gasteiger charge is -2.09. The fourth-order valence-corrected chi connectivity index (χ4v) is 1.56. The number of hydrogen-bond acceptors (Lipinski definition) is 5. The van der Waals surface area contributed by atoms with Crippen LogP contribution in [0.25, 0.3) is 0 Å². The Bertz CT molecular complexity index is 525. The minimum Gasteiger partial charge on any atom is -0.484 e. The lowest BCUT2D eigenvalue weighted by molar-refractivity contribution is 0.242. The van der Waals surface area contributed by atoms with Crippen molar-refractivity contribution in [2.75, 3.05) is 0 Å². The Kier molecular flexibility index (Phi) is 4.39. The molecule has 0 amide bonds. The van der Waals surface area contributed by atoms with Gasteiger partial charge >= 0.3 is 0 Å². The van der Waals surface area contributed by atoms with E-state index in [9.17, 15) is 0 Å². The standard InChI is InChI=1S/C13H16ClN3O2/c1-8(2)12(15)13-16-11(19-17-13)7-18-10-5-3-9(14)4-6-10/h3-6,8,12H,7,15H2,1-2H3. The zero-order chi connectivity index (χ0) is 13.8. The minimum atomic E-state index is -0.229. The van der Waals surface area contributed by atoms with Crippen LogP contribution in [-0.4, -0.2) is 10.1 Å². The lowest BCUT2D eigenvalue weighted by atomic mass is 10.1. The molecular formula is C13H16ClN3O2. The van der Waals surface area contributed by atoms with Crippen LogP contribution in [0, 0.1) is 5.92 Å². The Morgan fingerprint density at radius 3 is 2.63 bits per heavy atom. The van der Waals surface area contributed by atoms with Crippen molar-refractivity contribution >= 4 is 11.6 Å². The van der Waals surface area contributed by atoms with Gasteiger partial charge in [-0.25, -0.2) is 0 Å². The van der Waals surface area contributed by atoms with E-state index in [0.717, 1.165) is 0 Å². The molecule has 19 heavy (non-hydrogen) atoms. The van der Waals surface area contributed by atoms with Gasteiger partial charge in [0.05, 0.1) is 6.04 Å². The zero-order valence-corrected chi connectivity index (χ0v) is 11.6. The van der Waals surface area contributed by atoms with E-state index in [4.69, 9.17) is 26.6 Å². The van der Waals surface area contributed by atoms with E-state index < -0.39 is 0 Å². The molecule has 0 spiro atoms. The summed E-state index contributed by atoms with van der Waals surface area (Å²) in [5, 5.41) is 4.51. The van der Waals surface area contributed by atoms with Crippen molar-refractivity contribution in [2.24, 2.45) is 11.7 Å². The largest absolute Gasteiger partial charge is 0.484 e. The van der Waals surface area contributed by atoms with Crippen LogP contribution in [0.2, 0.25) is 5.02 Å². The van der Waals surface area contributed by atoms with E-state index in [1.165, 1.54) is 0 Å². The van der Waals surface area contributed by atoms with Gasteiger partial charge in [-0.15, -0.1) is 0 Å². The average molecular weight is 282 g/mol. The van der Waals surface area contributed by atoms with Crippen LogP contribution >= 0.6 is 11.6 Å². The smallest absolute Gasteiger partial charge is 0.264 e. The highest BCUT2D eigenvalue weighted by Gasteiger charge is 2.17. The number of nitrogens with two attached hydrogens (primary N) is 1. The molecule has 0 bridgehead atoms. The Balaban J connectivity index is 1.95. The Morgan fingerprint density at radius 2 is 2.00 bits per heavy atom. The third-order valence-electron chi connectivity index (χ3n) is 2.68. The maximum atomic E-state index is 5.93. The van der Waals surface area contributed by atoms with Crippen molar-refractivity contribution in [3.8, 4) is 5.75 Å². The second-order valence-corrected chi connectivity index (χ2v) is 5.00. The number of aromatic nitrogens is 2. The molecule has 1 heterocycles. The van der Waals surface area contributed by atoms with E-state index in [-0.39, 0.29) is 18.6 Å². The summed E-state index contributed by atoms with van der Waals surface area (Å²) < 4.78 is 10.6. The topological polar surface area (TPSA) is 74.2 Å². The fraction of sp³-hybridized carbons (Fsp3) is 0.385. The van der Waals surface area contributed by atoms with Crippen molar-refractivity contribution in [3.63, 3.8) is 0 Å². The van der Waals surface area contributed by atoms with Gasteiger partial charge in [-0.2, -0.15) is 4.98 Å². The third kappa shape index (κ3) is 3.68. The van der Waals surface area contributed by atoms with Gasteiger partial charge < -0.3 is 15.0 Å². The van der Waals surface area contributed by atoms with E-state index in [2.05, 4.69) is 10.1 Å². The van der Waals surface area contributed by atoms with Crippen LogP contribution in [-0.2, 0) is 6.61 Å². The molecule has 0 aliphatic heterocycles. The first-order chi connectivity index (χ1) is 9.06. The Morgan fingerprint density at radius 1 is 1.32 bits per heavy atom. The van der Waals surface area contributed by atoms with Gasteiger partial charge in [-0.3, -0.25) is 0 Å². The van der Waals surface area contributed by atoms with Gasteiger partial charge in [0.25, 0.3) is 5.89 Å². The molecule has 1 unspecified atom stereocenters. The Hall–Kier alpha value is -1.59. The summed E-state index contributed by atoms with van der Waals surface area (Å²) in [6, 6.07) is 6.84. The first kappa shape index (κ1) is 13.8. The highest BCUT2D eigenvalue weighted by atomic mass is 35.5. The maximum Gasteiger partial charge on any atom is 0.264 e. The zero-order valence-electron chi connectivity index (χ0n) is 10.8. The monoisotopic (exact) mass is 281 g/mol. The molecule has 0 aliphatic carbocycles. The van der Waals surface area contributed by atoms with E-state index in [0.29, 0.717) is 22.5 Å². The number of halogens is 1. The van der Waals surface area contributed by atoms with Gasteiger partial charge in [0.1, 0.15) is 5.75 Å². The first-order valence-corrected chi connectivity index (χ1v) is 6.40. The van der Waals surface area contributed by atoms with Gasteiger partial charge in [-0.1, -0.05) is 30.6 Å². The van der Waals surface area contributed by atoms with Crippen molar-refractivity contribution in [3.05, 3.63) is 41.0 Å². The summed E-state index contributed by atoms with van der Waals surface area (Å²) in [6.07, 6.45) is 0. The molecule has 2 N–H and O–H groups in total. The minimum absolute atomic E-state index is 0.208. The average Bonchev–Trinajstić information content (AvgIpc) is 2.86. The molecule has 1 atom stereocenters. The molecule has 0 saturated carbocycles. The molecule has 2 aromatic rings. The Labute approximate surface area is 116 Å². The SMILES string of the molecule is CC(C)C(N)c1noc(COc2ccc(Cl)cc2)n1.